The fourth-order valence-corrected chi connectivity index (χ4v) is 0.849. The van der Waals surface area contributed by atoms with E-state index in [-0.39, 0.29) is 0 Å². The van der Waals surface area contributed by atoms with Crippen LogP contribution in [0.15, 0.2) is 22.4 Å². The van der Waals surface area contributed by atoms with Crippen LogP contribution >= 0.6 is 11.6 Å². The number of allylic oxidation sites excluding steroid dienone is 1. The van der Waals surface area contributed by atoms with Gasteiger partial charge in [-0.2, -0.15) is 0 Å². The van der Waals surface area contributed by atoms with Gasteiger partial charge in [-0.1, -0.05) is 25.1 Å². The standard InChI is InChI=1S/C9H16ClN3O/c1-6-9(10)11-8(4)12-13(5)14-7(2)3/h2,6H2,1,3-5H3/b11-9?,12-8-. The molecule has 0 aromatic heterocycles. The maximum Gasteiger partial charge on any atom is 0.150 e. The molecular weight excluding hydrogens is 202 g/mol. The summed E-state index contributed by atoms with van der Waals surface area (Å²) in [5.74, 6) is 1.11. The summed E-state index contributed by atoms with van der Waals surface area (Å²) >= 11 is 5.74. The predicted molar refractivity (Wildman–Crippen MR) is 60.4 cm³/mol. The zero-order chi connectivity index (χ0) is 11.1. The van der Waals surface area contributed by atoms with Crippen LogP contribution in [-0.4, -0.2) is 23.2 Å². The van der Waals surface area contributed by atoms with Crippen LogP contribution in [0, 0.1) is 0 Å². The van der Waals surface area contributed by atoms with Gasteiger partial charge >= 0.3 is 0 Å². The van der Waals surface area contributed by atoms with Gasteiger partial charge in [-0.3, -0.25) is 0 Å². The molecule has 0 bridgehead atoms. The maximum atomic E-state index is 5.74. The minimum absolute atomic E-state index is 0.523. The van der Waals surface area contributed by atoms with E-state index in [4.69, 9.17) is 16.4 Å². The molecule has 0 aromatic rings. The number of rotatable bonds is 4. The van der Waals surface area contributed by atoms with Crippen LogP contribution in [0.3, 0.4) is 0 Å². The Bertz CT molecular complexity index is 261. The lowest BCUT2D eigenvalue weighted by atomic mass is 10.5. The monoisotopic (exact) mass is 217 g/mol. The quantitative estimate of drug-likeness (QED) is 0.314. The number of halogens is 1. The molecule has 5 heteroatoms. The van der Waals surface area contributed by atoms with E-state index in [0.717, 1.165) is 0 Å². The molecule has 0 aliphatic rings. The Morgan fingerprint density at radius 3 is 2.50 bits per heavy atom. The van der Waals surface area contributed by atoms with Crippen LogP contribution in [0.5, 0.6) is 0 Å². The number of aliphatic imine (C=N–C) groups is 1. The number of nitrogens with zero attached hydrogens (tertiary/aromatic N) is 3. The number of hydrogen-bond acceptors (Lipinski definition) is 3. The number of amidine groups is 1. The highest BCUT2D eigenvalue weighted by atomic mass is 35.5. The normalized spacial score (nSPS) is 12.6. The third kappa shape index (κ3) is 6.48. The van der Waals surface area contributed by atoms with Gasteiger partial charge in [0.05, 0.1) is 7.05 Å². The van der Waals surface area contributed by atoms with E-state index in [1.54, 1.807) is 20.9 Å². The summed E-state index contributed by atoms with van der Waals surface area (Å²) in [7, 11) is 1.66. The topological polar surface area (TPSA) is 37.2 Å². The van der Waals surface area contributed by atoms with E-state index < -0.39 is 0 Å². The summed E-state index contributed by atoms with van der Waals surface area (Å²) in [5.41, 5.74) is 0. The van der Waals surface area contributed by atoms with Crippen LogP contribution in [0.25, 0.3) is 0 Å². The molecule has 0 rings (SSSR count). The zero-order valence-corrected chi connectivity index (χ0v) is 9.80. The zero-order valence-electron chi connectivity index (χ0n) is 9.04. The lowest BCUT2D eigenvalue weighted by Gasteiger charge is -2.13. The molecule has 0 saturated carbocycles. The van der Waals surface area contributed by atoms with Crippen molar-refractivity contribution >= 4 is 22.6 Å². The Morgan fingerprint density at radius 1 is 1.50 bits per heavy atom. The number of hydroxylamine groups is 1. The molecule has 0 aliphatic heterocycles. The first kappa shape index (κ1) is 13.0. The van der Waals surface area contributed by atoms with Gasteiger partial charge in [-0.05, 0) is 20.3 Å². The fraction of sp³-hybridized carbons (Fsp3) is 0.556. The molecular formula is C9H16ClN3O. The molecule has 0 heterocycles. The highest BCUT2D eigenvalue weighted by Crippen LogP contribution is 1.98. The van der Waals surface area contributed by atoms with Crippen molar-refractivity contribution in [1.29, 1.82) is 0 Å². The molecule has 14 heavy (non-hydrogen) atoms. The second-order valence-corrected chi connectivity index (χ2v) is 3.18. The van der Waals surface area contributed by atoms with Gasteiger partial charge in [0.25, 0.3) is 0 Å². The highest BCUT2D eigenvalue weighted by molar-refractivity contribution is 6.66. The lowest BCUT2D eigenvalue weighted by molar-refractivity contribution is -0.0944. The van der Waals surface area contributed by atoms with Crippen LogP contribution in [0.4, 0.5) is 0 Å². The first-order chi connectivity index (χ1) is 6.45. The summed E-state index contributed by atoms with van der Waals surface area (Å²) < 4.78 is 0. The number of hydrazone groups is 1. The summed E-state index contributed by atoms with van der Waals surface area (Å²) in [6.07, 6.45) is 0.694. The molecule has 80 valence electrons. The van der Waals surface area contributed by atoms with Gasteiger partial charge in [0, 0.05) is 0 Å². The van der Waals surface area contributed by atoms with E-state index in [2.05, 4.69) is 16.7 Å². The molecule has 4 nitrogen and oxygen atoms in total. The van der Waals surface area contributed by atoms with E-state index in [9.17, 15) is 0 Å². The molecule has 0 spiro atoms. The van der Waals surface area contributed by atoms with Crippen molar-refractivity contribution < 1.29 is 4.84 Å². The molecule has 0 aromatic carbocycles. The first-order valence-electron chi connectivity index (χ1n) is 4.31. The van der Waals surface area contributed by atoms with E-state index in [1.807, 2.05) is 6.92 Å². The Labute approximate surface area is 89.9 Å². The van der Waals surface area contributed by atoms with E-state index in [1.165, 1.54) is 5.17 Å². The highest BCUT2D eigenvalue weighted by Gasteiger charge is 1.96. The molecule has 0 radical (unpaired) electrons. The SMILES string of the molecule is C=C(C)ON(C)/N=C(/C)N=C(Cl)CC. The third-order valence-corrected chi connectivity index (χ3v) is 1.50. The van der Waals surface area contributed by atoms with Crippen molar-refractivity contribution in [3.63, 3.8) is 0 Å². The second kappa shape index (κ2) is 6.43. The van der Waals surface area contributed by atoms with Crippen molar-refractivity contribution in [3.8, 4) is 0 Å². The summed E-state index contributed by atoms with van der Waals surface area (Å²) in [5, 5.41) is 5.82. The van der Waals surface area contributed by atoms with Gasteiger partial charge in [0.15, 0.2) is 0 Å². The first-order valence-corrected chi connectivity index (χ1v) is 4.69. The minimum atomic E-state index is 0.523. The van der Waals surface area contributed by atoms with Crippen molar-refractivity contribution in [2.24, 2.45) is 10.1 Å². The molecule has 0 aliphatic carbocycles. The van der Waals surface area contributed by atoms with Crippen LogP contribution in [0.2, 0.25) is 0 Å². The molecule has 0 amide bonds. The van der Waals surface area contributed by atoms with Crippen LogP contribution in [-0.2, 0) is 4.84 Å². The van der Waals surface area contributed by atoms with E-state index >= 15 is 0 Å². The molecule has 0 unspecified atom stereocenters. The summed E-state index contributed by atoms with van der Waals surface area (Å²) in [4.78, 5) is 9.10. The average molecular weight is 218 g/mol. The maximum absolute atomic E-state index is 5.74. The molecule has 0 N–H and O–H groups in total. The largest absolute Gasteiger partial charge is 0.368 e. The Morgan fingerprint density at radius 2 is 2.07 bits per heavy atom. The van der Waals surface area contributed by atoms with Gasteiger partial charge in [0.2, 0.25) is 0 Å². The van der Waals surface area contributed by atoms with Crippen LogP contribution < -0.4 is 0 Å². The Kier molecular flexibility index (Phi) is 5.95. The smallest absolute Gasteiger partial charge is 0.150 e. The van der Waals surface area contributed by atoms with E-state index in [0.29, 0.717) is 23.2 Å². The van der Waals surface area contributed by atoms with Crippen molar-refractivity contribution in [3.05, 3.63) is 12.3 Å². The lowest BCUT2D eigenvalue weighted by Crippen LogP contribution is -2.12. The van der Waals surface area contributed by atoms with Gasteiger partial charge in [0.1, 0.15) is 16.8 Å². The predicted octanol–water partition coefficient (Wildman–Crippen LogP) is 2.76. The van der Waals surface area contributed by atoms with Gasteiger partial charge in [-0.25, -0.2) is 4.99 Å². The fourth-order valence-electron chi connectivity index (χ4n) is 0.727. The van der Waals surface area contributed by atoms with Crippen molar-refractivity contribution in [1.82, 2.24) is 5.17 Å². The molecule has 0 saturated heterocycles. The van der Waals surface area contributed by atoms with Gasteiger partial charge < -0.3 is 4.84 Å². The molecule has 0 atom stereocenters. The van der Waals surface area contributed by atoms with Gasteiger partial charge in [-0.15, -0.1) is 10.3 Å². The summed E-state index contributed by atoms with van der Waals surface area (Å²) in [6.45, 7) is 8.99. The Hall–Kier alpha value is -1.03. The second-order valence-electron chi connectivity index (χ2n) is 2.75. The van der Waals surface area contributed by atoms with Crippen LogP contribution in [0.1, 0.15) is 27.2 Å². The Balaban J connectivity index is 4.29. The minimum Gasteiger partial charge on any atom is -0.368 e. The van der Waals surface area contributed by atoms with Crippen molar-refractivity contribution in [2.45, 2.75) is 27.2 Å². The third-order valence-electron chi connectivity index (χ3n) is 1.15. The van der Waals surface area contributed by atoms with Crippen molar-refractivity contribution in [2.75, 3.05) is 7.05 Å². The molecule has 0 fully saturated rings. The summed E-state index contributed by atoms with van der Waals surface area (Å²) in [6, 6.07) is 0. The number of hydrogen-bond donors (Lipinski definition) is 0. The average Bonchev–Trinajstić information content (AvgIpc) is 2.01.